The van der Waals surface area contributed by atoms with Crippen molar-refractivity contribution in [1.82, 2.24) is 9.78 Å². The second kappa shape index (κ2) is 8.66. The van der Waals surface area contributed by atoms with Crippen molar-refractivity contribution in [2.45, 2.75) is 6.92 Å². The zero-order valence-electron chi connectivity index (χ0n) is 16.0. The van der Waals surface area contributed by atoms with Crippen molar-refractivity contribution >= 4 is 62.3 Å². The van der Waals surface area contributed by atoms with Crippen LogP contribution in [0.25, 0.3) is 15.9 Å². The van der Waals surface area contributed by atoms with Gasteiger partial charge in [0.1, 0.15) is 15.5 Å². The Labute approximate surface area is 190 Å². The number of carbonyl (C=O) groups excluding carboxylic acids is 2. The molecule has 0 saturated carbocycles. The van der Waals surface area contributed by atoms with Crippen molar-refractivity contribution in [2.24, 2.45) is 0 Å². The van der Waals surface area contributed by atoms with Gasteiger partial charge in [-0.1, -0.05) is 23.2 Å². The van der Waals surface area contributed by atoms with Gasteiger partial charge in [0.05, 0.1) is 16.4 Å². The van der Waals surface area contributed by atoms with E-state index in [1.54, 1.807) is 22.9 Å². The number of benzene rings is 2. The number of aryl methyl sites for hydroxylation is 1. The highest BCUT2D eigenvalue weighted by Gasteiger charge is 2.19. The number of thiophene rings is 1. The summed E-state index contributed by atoms with van der Waals surface area (Å²) in [7, 11) is 0. The van der Waals surface area contributed by atoms with E-state index in [9.17, 15) is 14.0 Å². The van der Waals surface area contributed by atoms with E-state index in [4.69, 9.17) is 27.9 Å². The van der Waals surface area contributed by atoms with E-state index in [0.717, 1.165) is 27.7 Å². The Kier molecular flexibility index (Phi) is 5.95. The van der Waals surface area contributed by atoms with Crippen LogP contribution in [0.4, 0.5) is 10.1 Å². The fourth-order valence-electron chi connectivity index (χ4n) is 2.88. The first-order valence-electron chi connectivity index (χ1n) is 8.99. The van der Waals surface area contributed by atoms with E-state index in [2.05, 4.69) is 10.4 Å². The largest absolute Gasteiger partial charge is 0.451 e. The number of ether oxygens (including phenoxy) is 1. The fourth-order valence-corrected chi connectivity index (χ4v) is 4.26. The summed E-state index contributed by atoms with van der Waals surface area (Å²) in [5, 5.41) is 8.32. The van der Waals surface area contributed by atoms with Crippen molar-refractivity contribution < 1.29 is 18.7 Å². The van der Waals surface area contributed by atoms with Crippen LogP contribution in [0, 0.1) is 12.7 Å². The van der Waals surface area contributed by atoms with Gasteiger partial charge in [0, 0.05) is 16.1 Å². The predicted octanol–water partition coefficient (Wildman–Crippen LogP) is 5.64. The normalized spacial score (nSPS) is 11.0. The minimum Gasteiger partial charge on any atom is -0.451 e. The van der Waals surface area contributed by atoms with Gasteiger partial charge in [0.25, 0.3) is 5.91 Å². The zero-order valence-corrected chi connectivity index (χ0v) is 18.3. The molecule has 0 unspecified atom stereocenters. The summed E-state index contributed by atoms with van der Waals surface area (Å²) in [5.41, 5.74) is 1.86. The number of nitrogens with one attached hydrogen (secondary N) is 1. The second-order valence-corrected chi connectivity index (χ2v) is 8.43. The highest BCUT2D eigenvalue weighted by atomic mass is 35.5. The highest BCUT2D eigenvalue weighted by molar-refractivity contribution is 7.20. The van der Waals surface area contributed by atoms with E-state index in [1.807, 2.05) is 19.1 Å². The smallest absolute Gasteiger partial charge is 0.348 e. The molecule has 158 valence electrons. The number of aromatic nitrogens is 2. The van der Waals surface area contributed by atoms with Gasteiger partial charge in [0.2, 0.25) is 0 Å². The molecule has 6 nitrogen and oxygen atoms in total. The summed E-state index contributed by atoms with van der Waals surface area (Å²) >= 11 is 12.8. The average Bonchev–Trinajstić information content (AvgIpc) is 3.30. The molecular weight excluding hydrogens is 464 g/mol. The maximum Gasteiger partial charge on any atom is 0.348 e. The molecule has 0 spiro atoms. The molecule has 2 aromatic carbocycles. The molecule has 0 atom stereocenters. The number of hydrogen-bond acceptors (Lipinski definition) is 5. The highest BCUT2D eigenvalue weighted by Crippen LogP contribution is 2.31. The molecule has 31 heavy (non-hydrogen) atoms. The minimum absolute atomic E-state index is 0.120. The monoisotopic (exact) mass is 477 g/mol. The molecule has 0 fully saturated rings. The van der Waals surface area contributed by atoms with Crippen molar-refractivity contribution in [3.05, 3.63) is 75.0 Å². The van der Waals surface area contributed by atoms with E-state index in [1.165, 1.54) is 23.5 Å². The molecule has 0 saturated heterocycles. The van der Waals surface area contributed by atoms with Crippen LogP contribution in [0.5, 0.6) is 0 Å². The van der Waals surface area contributed by atoms with Crippen LogP contribution >= 0.6 is 34.5 Å². The number of rotatable bonds is 5. The molecular formula is C21H14Cl2FN3O3S. The summed E-state index contributed by atoms with van der Waals surface area (Å²) in [6.45, 7) is 1.35. The van der Waals surface area contributed by atoms with Crippen LogP contribution in [0.2, 0.25) is 10.0 Å². The lowest BCUT2D eigenvalue weighted by Gasteiger charge is -2.06. The zero-order chi connectivity index (χ0) is 22.1. The quantitative estimate of drug-likeness (QED) is 0.377. The van der Waals surface area contributed by atoms with Gasteiger partial charge in [-0.25, -0.2) is 13.9 Å². The molecule has 1 amide bonds. The number of hydrogen-bond donors (Lipinski definition) is 1. The molecule has 1 N–H and O–H groups in total. The van der Waals surface area contributed by atoms with Crippen LogP contribution in [0.15, 0.2) is 48.5 Å². The third kappa shape index (κ3) is 4.56. The number of esters is 1. The average molecular weight is 478 g/mol. The Morgan fingerprint density at radius 1 is 1.16 bits per heavy atom. The number of amides is 1. The summed E-state index contributed by atoms with van der Waals surface area (Å²) < 4.78 is 20.0. The molecule has 4 aromatic rings. The van der Waals surface area contributed by atoms with Crippen LogP contribution in [-0.4, -0.2) is 28.3 Å². The maximum absolute atomic E-state index is 13.2. The lowest BCUT2D eigenvalue weighted by Crippen LogP contribution is -2.20. The standard InChI is InChI=1S/C21H14Cl2FN3O3S/c1-11-15-9-18(31-20(15)27(26-11)14-5-2-12(22)3-6-14)21(29)30-10-19(28)25-13-4-7-17(24)16(23)8-13/h2-9H,10H2,1H3,(H,25,28). The topological polar surface area (TPSA) is 73.2 Å². The minimum atomic E-state index is -0.629. The second-order valence-electron chi connectivity index (χ2n) is 6.56. The Hall–Kier alpha value is -2.94. The number of halogens is 3. The van der Waals surface area contributed by atoms with Gasteiger partial charge in [-0.15, -0.1) is 11.3 Å². The summed E-state index contributed by atoms with van der Waals surface area (Å²) in [6, 6.07) is 12.6. The Balaban J connectivity index is 1.46. The van der Waals surface area contributed by atoms with E-state index in [-0.39, 0.29) is 5.02 Å². The molecule has 0 radical (unpaired) electrons. The van der Waals surface area contributed by atoms with E-state index in [0.29, 0.717) is 15.6 Å². The van der Waals surface area contributed by atoms with Crippen molar-refractivity contribution in [3.8, 4) is 5.69 Å². The Bertz CT molecular complexity index is 1300. The third-order valence-electron chi connectivity index (χ3n) is 4.35. The summed E-state index contributed by atoms with van der Waals surface area (Å²) in [6.07, 6.45) is 0. The summed E-state index contributed by atoms with van der Waals surface area (Å²) in [5.74, 6) is -1.79. The first-order valence-corrected chi connectivity index (χ1v) is 10.6. The number of carbonyl (C=O) groups is 2. The Morgan fingerprint density at radius 3 is 2.61 bits per heavy atom. The number of fused-ring (bicyclic) bond motifs is 1. The van der Waals surface area contributed by atoms with E-state index < -0.39 is 24.3 Å². The third-order valence-corrected chi connectivity index (χ3v) is 5.99. The van der Waals surface area contributed by atoms with Crippen molar-refractivity contribution in [3.63, 3.8) is 0 Å². The van der Waals surface area contributed by atoms with Crippen LogP contribution in [0.1, 0.15) is 15.4 Å². The molecule has 0 bridgehead atoms. The van der Waals surface area contributed by atoms with Gasteiger partial charge in [-0.3, -0.25) is 4.79 Å². The van der Waals surface area contributed by atoms with E-state index >= 15 is 0 Å². The fraction of sp³-hybridized carbons (Fsp3) is 0.0952. The van der Waals surface area contributed by atoms with Gasteiger partial charge in [-0.2, -0.15) is 5.10 Å². The first kappa shape index (κ1) is 21.3. The van der Waals surface area contributed by atoms with Gasteiger partial charge in [0.15, 0.2) is 6.61 Å². The number of anilines is 1. The van der Waals surface area contributed by atoms with Crippen molar-refractivity contribution in [1.29, 1.82) is 0 Å². The van der Waals surface area contributed by atoms with Gasteiger partial charge >= 0.3 is 5.97 Å². The lowest BCUT2D eigenvalue weighted by atomic mass is 10.3. The van der Waals surface area contributed by atoms with Gasteiger partial charge in [-0.05, 0) is 55.5 Å². The molecule has 4 rings (SSSR count). The SMILES string of the molecule is Cc1nn(-c2ccc(Cl)cc2)c2sc(C(=O)OCC(=O)Nc3ccc(F)c(Cl)c3)cc12. The predicted molar refractivity (Wildman–Crippen MR) is 119 cm³/mol. The van der Waals surface area contributed by atoms with Gasteiger partial charge < -0.3 is 10.1 Å². The lowest BCUT2D eigenvalue weighted by molar-refractivity contribution is -0.119. The Morgan fingerprint density at radius 2 is 1.90 bits per heavy atom. The van der Waals surface area contributed by atoms with Crippen LogP contribution < -0.4 is 5.32 Å². The van der Waals surface area contributed by atoms with Crippen LogP contribution in [0.3, 0.4) is 0 Å². The molecule has 2 heterocycles. The molecule has 0 aliphatic carbocycles. The van der Waals surface area contributed by atoms with Crippen LogP contribution in [-0.2, 0) is 9.53 Å². The molecule has 0 aliphatic heterocycles. The first-order chi connectivity index (χ1) is 14.8. The summed E-state index contributed by atoms with van der Waals surface area (Å²) in [4.78, 5) is 25.6. The molecule has 10 heteroatoms. The van der Waals surface area contributed by atoms with Crippen molar-refractivity contribution in [2.75, 3.05) is 11.9 Å². The maximum atomic E-state index is 13.2. The number of nitrogens with zero attached hydrogens (tertiary/aromatic N) is 2. The molecule has 2 aromatic heterocycles. The molecule has 0 aliphatic rings.